The minimum Gasteiger partial charge on any atom is -0.454 e. The lowest BCUT2D eigenvalue weighted by Crippen LogP contribution is -2.41. The van der Waals surface area contributed by atoms with E-state index in [0.29, 0.717) is 21.9 Å². The number of fused-ring (bicyclic) bond motifs is 2. The summed E-state index contributed by atoms with van der Waals surface area (Å²) in [4.78, 5) is 26.3. The van der Waals surface area contributed by atoms with Crippen LogP contribution in [0.25, 0.3) is 0 Å². The van der Waals surface area contributed by atoms with Crippen molar-refractivity contribution in [3.63, 3.8) is 0 Å². The molecule has 1 aliphatic heterocycles. The first-order valence-corrected chi connectivity index (χ1v) is 8.64. The van der Waals surface area contributed by atoms with Crippen molar-refractivity contribution in [2.75, 3.05) is 6.79 Å². The SMILES string of the molecule is O=C(NNC(=O)c1cc2c(s1)CCCC2)c1ccc2c(c1)OCO2. The number of aryl methyl sites for hydroxylation is 2. The molecule has 0 saturated carbocycles. The Morgan fingerprint density at radius 3 is 2.62 bits per heavy atom. The Kier molecular flexibility index (Phi) is 3.86. The maximum Gasteiger partial charge on any atom is 0.279 e. The third-order valence-electron chi connectivity index (χ3n) is 4.14. The number of benzene rings is 1. The Labute approximate surface area is 142 Å². The summed E-state index contributed by atoms with van der Waals surface area (Å²) in [5.74, 6) is 0.450. The first kappa shape index (κ1) is 15.0. The molecule has 1 aromatic heterocycles. The number of hydrazine groups is 1. The molecule has 0 unspecified atom stereocenters. The minimum absolute atomic E-state index is 0.153. The molecule has 0 spiro atoms. The lowest BCUT2D eigenvalue weighted by molar-refractivity contribution is 0.0848. The lowest BCUT2D eigenvalue weighted by Gasteiger charge is -2.08. The summed E-state index contributed by atoms with van der Waals surface area (Å²) < 4.78 is 10.4. The fourth-order valence-corrected chi connectivity index (χ4v) is 4.04. The van der Waals surface area contributed by atoms with Crippen LogP contribution < -0.4 is 20.3 Å². The topological polar surface area (TPSA) is 76.7 Å². The summed E-state index contributed by atoms with van der Waals surface area (Å²) in [5, 5.41) is 0. The second-order valence-corrected chi connectivity index (χ2v) is 6.88. The van der Waals surface area contributed by atoms with Gasteiger partial charge in [0.05, 0.1) is 4.88 Å². The monoisotopic (exact) mass is 344 g/mol. The molecule has 124 valence electrons. The molecule has 7 heteroatoms. The molecule has 0 bridgehead atoms. The Morgan fingerprint density at radius 1 is 0.958 bits per heavy atom. The van der Waals surface area contributed by atoms with E-state index in [1.807, 2.05) is 6.07 Å². The highest BCUT2D eigenvalue weighted by atomic mass is 32.1. The van der Waals surface area contributed by atoms with E-state index in [2.05, 4.69) is 10.9 Å². The molecule has 0 radical (unpaired) electrons. The van der Waals surface area contributed by atoms with Gasteiger partial charge in [-0.05, 0) is 55.5 Å². The standard InChI is InChI=1S/C17H16N2O4S/c20-16(11-5-6-12-13(7-11)23-9-22-12)18-19-17(21)15-8-10-3-1-2-4-14(10)24-15/h5-8H,1-4,9H2,(H,18,20)(H,19,21). The highest BCUT2D eigenvalue weighted by molar-refractivity contribution is 7.14. The van der Waals surface area contributed by atoms with Crippen molar-refractivity contribution in [2.24, 2.45) is 0 Å². The van der Waals surface area contributed by atoms with Crippen molar-refractivity contribution >= 4 is 23.2 Å². The van der Waals surface area contributed by atoms with Gasteiger partial charge in [-0.15, -0.1) is 11.3 Å². The Bertz CT molecular complexity index is 791. The van der Waals surface area contributed by atoms with Crippen molar-refractivity contribution in [1.29, 1.82) is 0 Å². The van der Waals surface area contributed by atoms with Crippen LogP contribution in [0.5, 0.6) is 11.5 Å². The van der Waals surface area contributed by atoms with Crippen LogP contribution in [0, 0.1) is 0 Å². The van der Waals surface area contributed by atoms with Gasteiger partial charge < -0.3 is 9.47 Å². The predicted octanol–water partition coefficient (Wildman–Crippen LogP) is 2.43. The van der Waals surface area contributed by atoms with Gasteiger partial charge in [0.15, 0.2) is 11.5 Å². The van der Waals surface area contributed by atoms with Crippen LogP contribution in [-0.4, -0.2) is 18.6 Å². The fourth-order valence-electron chi connectivity index (χ4n) is 2.89. The molecule has 2 N–H and O–H groups in total. The first-order chi connectivity index (χ1) is 11.7. The highest BCUT2D eigenvalue weighted by Crippen LogP contribution is 2.32. The van der Waals surface area contributed by atoms with Gasteiger partial charge in [-0.2, -0.15) is 0 Å². The predicted molar refractivity (Wildman–Crippen MR) is 88.5 cm³/mol. The van der Waals surface area contributed by atoms with Gasteiger partial charge in [0.2, 0.25) is 6.79 Å². The summed E-state index contributed by atoms with van der Waals surface area (Å²) in [6.45, 7) is 0.153. The average Bonchev–Trinajstić information content (AvgIpc) is 3.24. The van der Waals surface area contributed by atoms with Gasteiger partial charge in [0.1, 0.15) is 0 Å². The largest absolute Gasteiger partial charge is 0.454 e. The summed E-state index contributed by atoms with van der Waals surface area (Å²) in [7, 11) is 0. The normalized spacial score (nSPS) is 14.8. The van der Waals surface area contributed by atoms with E-state index < -0.39 is 5.91 Å². The number of hydrogen-bond acceptors (Lipinski definition) is 5. The van der Waals surface area contributed by atoms with E-state index in [1.165, 1.54) is 34.6 Å². The molecule has 0 atom stereocenters. The molecule has 1 aromatic carbocycles. The van der Waals surface area contributed by atoms with Gasteiger partial charge in [0, 0.05) is 10.4 Å². The van der Waals surface area contributed by atoms with Crippen LogP contribution in [0.15, 0.2) is 24.3 Å². The van der Waals surface area contributed by atoms with Gasteiger partial charge in [-0.3, -0.25) is 20.4 Å². The molecule has 2 amide bonds. The smallest absolute Gasteiger partial charge is 0.279 e. The summed E-state index contributed by atoms with van der Waals surface area (Å²) >= 11 is 1.51. The number of hydrogen-bond donors (Lipinski definition) is 2. The molecular weight excluding hydrogens is 328 g/mol. The summed E-state index contributed by atoms with van der Waals surface area (Å²) in [5.41, 5.74) is 6.57. The number of thiophene rings is 1. The van der Waals surface area contributed by atoms with Crippen molar-refractivity contribution in [1.82, 2.24) is 10.9 Å². The van der Waals surface area contributed by atoms with E-state index in [-0.39, 0.29) is 12.7 Å². The molecule has 4 rings (SSSR count). The van der Waals surface area contributed by atoms with Crippen LogP contribution >= 0.6 is 11.3 Å². The van der Waals surface area contributed by atoms with Crippen molar-refractivity contribution < 1.29 is 19.1 Å². The first-order valence-electron chi connectivity index (χ1n) is 7.82. The Hall–Kier alpha value is -2.54. The molecular formula is C17H16N2O4S. The Morgan fingerprint density at radius 2 is 1.75 bits per heavy atom. The summed E-state index contributed by atoms with van der Waals surface area (Å²) in [6, 6.07) is 6.82. The van der Waals surface area contributed by atoms with Gasteiger partial charge in [0.25, 0.3) is 11.8 Å². The zero-order chi connectivity index (χ0) is 16.5. The number of rotatable bonds is 2. The zero-order valence-corrected chi connectivity index (χ0v) is 13.7. The van der Waals surface area contributed by atoms with E-state index in [1.54, 1.807) is 18.2 Å². The zero-order valence-electron chi connectivity index (χ0n) is 12.9. The second-order valence-electron chi connectivity index (χ2n) is 5.74. The summed E-state index contributed by atoms with van der Waals surface area (Å²) in [6.07, 6.45) is 4.42. The van der Waals surface area contributed by atoms with E-state index in [4.69, 9.17) is 9.47 Å². The Balaban J connectivity index is 1.40. The fraction of sp³-hybridized carbons (Fsp3) is 0.294. The van der Waals surface area contributed by atoms with Crippen molar-refractivity contribution in [2.45, 2.75) is 25.7 Å². The van der Waals surface area contributed by atoms with Crippen LogP contribution in [0.2, 0.25) is 0 Å². The van der Waals surface area contributed by atoms with E-state index in [9.17, 15) is 9.59 Å². The molecule has 2 aromatic rings. The quantitative estimate of drug-likeness (QED) is 0.821. The lowest BCUT2D eigenvalue weighted by atomic mass is 9.99. The molecule has 24 heavy (non-hydrogen) atoms. The number of carbonyl (C=O) groups excluding carboxylic acids is 2. The van der Waals surface area contributed by atoms with Crippen LogP contribution in [-0.2, 0) is 12.8 Å². The van der Waals surface area contributed by atoms with Gasteiger partial charge >= 0.3 is 0 Å². The highest BCUT2D eigenvalue weighted by Gasteiger charge is 2.19. The average molecular weight is 344 g/mol. The van der Waals surface area contributed by atoms with E-state index in [0.717, 1.165) is 12.8 Å². The van der Waals surface area contributed by atoms with Gasteiger partial charge in [-0.1, -0.05) is 0 Å². The molecule has 0 fully saturated rings. The van der Waals surface area contributed by atoms with Crippen LogP contribution in [0.4, 0.5) is 0 Å². The molecule has 1 aliphatic carbocycles. The molecule has 6 nitrogen and oxygen atoms in total. The van der Waals surface area contributed by atoms with E-state index >= 15 is 0 Å². The molecule has 2 aliphatic rings. The second kappa shape index (κ2) is 6.16. The minimum atomic E-state index is -0.400. The third kappa shape index (κ3) is 2.82. The maximum absolute atomic E-state index is 12.2. The van der Waals surface area contributed by atoms with Crippen molar-refractivity contribution in [3.05, 3.63) is 45.1 Å². The molecule has 2 heterocycles. The number of amides is 2. The number of nitrogens with one attached hydrogen (secondary N) is 2. The number of carbonyl (C=O) groups is 2. The van der Waals surface area contributed by atoms with Crippen LogP contribution in [0.1, 0.15) is 43.3 Å². The van der Waals surface area contributed by atoms with Crippen molar-refractivity contribution in [3.8, 4) is 11.5 Å². The van der Waals surface area contributed by atoms with Gasteiger partial charge in [-0.25, -0.2) is 0 Å². The number of ether oxygens (including phenoxy) is 2. The maximum atomic E-state index is 12.2. The molecule has 0 saturated heterocycles. The van der Waals surface area contributed by atoms with Crippen LogP contribution in [0.3, 0.4) is 0 Å². The third-order valence-corrected chi connectivity index (χ3v) is 5.38.